The molecular formula is C20H25N3O3. The molecule has 138 valence electrons. The van der Waals surface area contributed by atoms with Gasteiger partial charge in [-0.05, 0) is 50.8 Å². The van der Waals surface area contributed by atoms with Gasteiger partial charge in [-0.3, -0.25) is 9.88 Å². The molecule has 2 heterocycles. The molecule has 6 nitrogen and oxygen atoms in total. The Morgan fingerprint density at radius 1 is 1.35 bits per heavy atom. The third-order valence-electron chi connectivity index (χ3n) is 4.74. The number of carboxylic acid groups (broad SMARTS) is 1. The zero-order valence-corrected chi connectivity index (χ0v) is 15.3. The van der Waals surface area contributed by atoms with Crippen molar-refractivity contribution < 1.29 is 14.6 Å². The van der Waals surface area contributed by atoms with Gasteiger partial charge in [0.25, 0.3) is 0 Å². The van der Waals surface area contributed by atoms with Crippen molar-refractivity contribution in [2.45, 2.75) is 19.0 Å². The molecule has 1 unspecified atom stereocenters. The van der Waals surface area contributed by atoms with E-state index < -0.39 is 5.97 Å². The number of hydrogen-bond acceptors (Lipinski definition) is 5. The summed E-state index contributed by atoms with van der Waals surface area (Å²) in [6.45, 7) is 2.42. The van der Waals surface area contributed by atoms with Gasteiger partial charge in [-0.2, -0.15) is 0 Å². The fourth-order valence-electron chi connectivity index (χ4n) is 3.29. The minimum absolute atomic E-state index is 0.337. The lowest BCUT2D eigenvalue weighted by Crippen LogP contribution is -2.31. The number of pyridine rings is 1. The van der Waals surface area contributed by atoms with Gasteiger partial charge in [-0.15, -0.1) is 0 Å². The number of benzene rings is 1. The Kier molecular flexibility index (Phi) is 5.85. The van der Waals surface area contributed by atoms with E-state index in [4.69, 9.17) is 9.84 Å². The molecule has 1 aromatic heterocycles. The number of ether oxygens (including phenoxy) is 1. The Bertz CT molecular complexity index is 749. The summed E-state index contributed by atoms with van der Waals surface area (Å²) in [7, 11) is 4.22. The van der Waals surface area contributed by atoms with Crippen molar-refractivity contribution in [3.8, 4) is 17.0 Å². The van der Waals surface area contributed by atoms with Crippen LogP contribution in [0.25, 0.3) is 11.3 Å². The summed E-state index contributed by atoms with van der Waals surface area (Å²) in [4.78, 5) is 19.9. The van der Waals surface area contributed by atoms with Gasteiger partial charge in [-0.1, -0.05) is 6.07 Å². The van der Waals surface area contributed by atoms with E-state index in [0.717, 1.165) is 42.9 Å². The van der Waals surface area contributed by atoms with E-state index in [2.05, 4.69) is 34.9 Å². The fourth-order valence-corrected chi connectivity index (χ4v) is 3.29. The topological polar surface area (TPSA) is 65.9 Å². The number of hydrogen-bond donors (Lipinski definition) is 1. The van der Waals surface area contributed by atoms with Gasteiger partial charge in [0.05, 0.1) is 5.69 Å². The van der Waals surface area contributed by atoms with E-state index in [0.29, 0.717) is 11.8 Å². The molecular weight excluding hydrogens is 330 g/mol. The number of carboxylic acids is 1. The summed E-state index contributed by atoms with van der Waals surface area (Å²) in [6.07, 6.45) is 2.91. The molecule has 1 atom stereocenters. The summed E-state index contributed by atoms with van der Waals surface area (Å²) in [5.41, 5.74) is 2.89. The number of nitrogens with zero attached hydrogens (tertiary/aromatic N) is 3. The largest absolute Gasteiger partial charge is 0.482 e. The first-order chi connectivity index (χ1) is 12.5. The summed E-state index contributed by atoms with van der Waals surface area (Å²) >= 11 is 0. The quantitative estimate of drug-likeness (QED) is 0.822. The van der Waals surface area contributed by atoms with Crippen molar-refractivity contribution >= 4 is 5.97 Å². The molecule has 6 heteroatoms. The zero-order valence-electron chi connectivity index (χ0n) is 15.3. The molecule has 0 saturated carbocycles. The highest BCUT2D eigenvalue weighted by Crippen LogP contribution is 2.28. The normalized spacial score (nSPS) is 17.6. The SMILES string of the molecule is CN(C)C1CCN(Cc2cc(-c3ccccn3)ccc2OCC(=O)O)C1. The second-order valence-electron chi connectivity index (χ2n) is 6.86. The Labute approximate surface area is 154 Å². The number of rotatable bonds is 7. The van der Waals surface area contributed by atoms with Crippen LogP contribution in [0.5, 0.6) is 5.75 Å². The van der Waals surface area contributed by atoms with Crippen LogP contribution in [0.2, 0.25) is 0 Å². The summed E-state index contributed by atoms with van der Waals surface area (Å²) < 4.78 is 5.52. The van der Waals surface area contributed by atoms with Crippen LogP contribution < -0.4 is 4.74 Å². The van der Waals surface area contributed by atoms with Gasteiger partial charge in [0.1, 0.15) is 5.75 Å². The highest BCUT2D eigenvalue weighted by atomic mass is 16.5. The van der Waals surface area contributed by atoms with Gasteiger partial charge < -0.3 is 14.7 Å². The highest BCUT2D eigenvalue weighted by Gasteiger charge is 2.24. The first-order valence-corrected chi connectivity index (χ1v) is 8.80. The average Bonchev–Trinajstić information content (AvgIpc) is 3.10. The molecule has 1 aliphatic rings. The van der Waals surface area contributed by atoms with Gasteiger partial charge in [-0.25, -0.2) is 4.79 Å². The smallest absolute Gasteiger partial charge is 0.341 e. The number of aromatic nitrogens is 1. The van der Waals surface area contributed by atoms with Crippen LogP contribution in [0.1, 0.15) is 12.0 Å². The molecule has 1 aromatic carbocycles. The lowest BCUT2D eigenvalue weighted by molar-refractivity contribution is -0.139. The van der Waals surface area contributed by atoms with Gasteiger partial charge in [0.2, 0.25) is 0 Å². The third kappa shape index (κ3) is 4.59. The first-order valence-electron chi connectivity index (χ1n) is 8.80. The number of likely N-dealkylation sites (N-methyl/N-ethyl adjacent to an activating group) is 1. The van der Waals surface area contributed by atoms with Crippen LogP contribution in [0.15, 0.2) is 42.6 Å². The standard InChI is InChI=1S/C20H25N3O3/c1-22(2)17-8-10-23(13-17)12-16-11-15(18-5-3-4-9-21-18)6-7-19(16)26-14-20(24)25/h3-7,9,11,17H,8,10,12-14H2,1-2H3,(H,24,25). The van der Waals surface area contributed by atoms with Crippen LogP contribution in [0.3, 0.4) is 0 Å². The predicted molar refractivity (Wildman–Crippen MR) is 100 cm³/mol. The number of carbonyl (C=O) groups is 1. The Balaban J connectivity index is 1.82. The van der Waals surface area contributed by atoms with Gasteiger partial charge in [0, 0.05) is 43.0 Å². The molecule has 0 bridgehead atoms. The lowest BCUT2D eigenvalue weighted by Gasteiger charge is -2.21. The number of aliphatic carboxylic acids is 1. The van der Waals surface area contributed by atoms with E-state index in [1.807, 2.05) is 30.3 Å². The summed E-state index contributed by atoms with van der Waals surface area (Å²) in [5.74, 6) is -0.348. The molecule has 0 amide bonds. The van der Waals surface area contributed by atoms with Crippen LogP contribution in [0.4, 0.5) is 0 Å². The van der Waals surface area contributed by atoms with Crippen LogP contribution in [-0.2, 0) is 11.3 Å². The highest BCUT2D eigenvalue weighted by molar-refractivity contribution is 5.69. The molecule has 2 aromatic rings. The van der Waals surface area contributed by atoms with Crippen molar-refractivity contribution in [2.75, 3.05) is 33.8 Å². The first kappa shape index (κ1) is 18.4. The summed E-state index contributed by atoms with van der Waals surface area (Å²) in [5, 5.41) is 8.93. The molecule has 1 fully saturated rings. The molecule has 1 saturated heterocycles. The number of likely N-dealkylation sites (tertiary alicyclic amines) is 1. The van der Waals surface area contributed by atoms with Crippen molar-refractivity contribution in [3.63, 3.8) is 0 Å². The van der Waals surface area contributed by atoms with Crippen LogP contribution in [-0.4, -0.2) is 65.7 Å². The monoisotopic (exact) mass is 355 g/mol. The Morgan fingerprint density at radius 3 is 2.85 bits per heavy atom. The summed E-state index contributed by atoms with van der Waals surface area (Å²) in [6, 6.07) is 12.2. The van der Waals surface area contributed by atoms with Crippen LogP contribution >= 0.6 is 0 Å². The minimum Gasteiger partial charge on any atom is -0.482 e. The molecule has 0 radical (unpaired) electrons. The Morgan fingerprint density at radius 2 is 2.19 bits per heavy atom. The van der Waals surface area contributed by atoms with Crippen molar-refractivity contribution in [1.82, 2.24) is 14.8 Å². The lowest BCUT2D eigenvalue weighted by atomic mass is 10.1. The van der Waals surface area contributed by atoms with E-state index in [1.54, 1.807) is 6.20 Å². The zero-order chi connectivity index (χ0) is 18.5. The maximum Gasteiger partial charge on any atom is 0.341 e. The average molecular weight is 355 g/mol. The molecule has 0 aliphatic carbocycles. The predicted octanol–water partition coefficient (Wildman–Crippen LogP) is 2.35. The molecule has 26 heavy (non-hydrogen) atoms. The van der Waals surface area contributed by atoms with E-state index in [9.17, 15) is 4.79 Å². The van der Waals surface area contributed by atoms with E-state index in [-0.39, 0.29) is 6.61 Å². The van der Waals surface area contributed by atoms with Gasteiger partial charge >= 0.3 is 5.97 Å². The van der Waals surface area contributed by atoms with E-state index in [1.165, 1.54) is 0 Å². The second-order valence-corrected chi connectivity index (χ2v) is 6.86. The molecule has 3 rings (SSSR count). The maximum atomic E-state index is 10.9. The van der Waals surface area contributed by atoms with Gasteiger partial charge in [0.15, 0.2) is 6.61 Å². The van der Waals surface area contributed by atoms with Crippen molar-refractivity contribution in [1.29, 1.82) is 0 Å². The third-order valence-corrected chi connectivity index (χ3v) is 4.74. The fraction of sp³-hybridized carbons (Fsp3) is 0.400. The molecule has 0 spiro atoms. The molecule has 1 N–H and O–H groups in total. The Hall–Kier alpha value is -2.44. The molecule has 1 aliphatic heterocycles. The maximum absolute atomic E-state index is 10.9. The second kappa shape index (κ2) is 8.29. The van der Waals surface area contributed by atoms with Crippen LogP contribution in [0, 0.1) is 0 Å². The van der Waals surface area contributed by atoms with Crippen molar-refractivity contribution in [3.05, 3.63) is 48.2 Å². The van der Waals surface area contributed by atoms with Crippen molar-refractivity contribution in [2.24, 2.45) is 0 Å². The minimum atomic E-state index is -0.974. The van der Waals surface area contributed by atoms with E-state index >= 15 is 0 Å².